The highest BCUT2D eigenvalue weighted by molar-refractivity contribution is 5.92. The van der Waals surface area contributed by atoms with Crippen molar-refractivity contribution in [2.75, 3.05) is 32.0 Å². The van der Waals surface area contributed by atoms with Crippen LogP contribution in [0.15, 0.2) is 22.9 Å². The third kappa shape index (κ3) is 4.24. The van der Waals surface area contributed by atoms with Crippen molar-refractivity contribution < 1.29 is 14.1 Å². The van der Waals surface area contributed by atoms with Gasteiger partial charge in [-0.3, -0.25) is 19.2 Å². The second kappa shape index (κ2) is 7.47. The molecule has 1 fully saturated rings. The summed E-state index contributed by atoms with van der Waals surface area (Å²) in [7, 11) is 1.58. The van der Waals surface area contributed by atoms with Crippen molar-refractivity contribution in [3.8, 4) is 0 Å². The summed E-state index contributed by atoms with van der Waals surface area (Å²) in [5.74, 6) is 0.756. The number of aryl methyl sites for hydroxylation is 1. The van der Waals surface area contributed by atoms with Crippen molar-refractivity contribution in [1.82, 2.24) is 25.2 Å². The Bertz CT molecular complexity index is 753. The Morgan fingerprint density at radius 3 is 3.00 bits per heavy atom. The largest absolute Gasteiger partial charge is 0.360 e. The van der Waals surface area contributed by atoms with Gasteiger partial charge in [0.05, 0.1) is 12.6 Å². The van der Waals surface area contributed by atoms with Crippen LogP contribution in [0.4, 0.5) is 5.82 Å². The second-order valence-corrected chi connectivity index (χ2v) is 6.16. The van der Waals surface area contributed by atoms with Crippen LogP contribution in [0.25, 0.3) is 0 Å². The van der Waals surface area contributed by atoms with Gasteiger partial charge in [-0.25, -0.2) is 0 Å². The van der Waals surface area contributed by atoms with Gasteiger partial charge in [0.1, 0.15) is 11.5 Å². The molecule has 9 nitrogen and oxygen atoms in total. The van der Waals surface area contributed by atoms with Crippen LogP contribution in [-0.2, 0) is 4.79 Å². The van der Waals surface area contributed by atoms with Crippen molar-refractivity contribution in [1.29, 1.82) is 0 Å². The molecule has 1 atom stereocenters. The summed E-state index contributed by atoms with van der Waals surface area (Å²) < 4.78 is 6.75. The molecule has 0 bridgehead atoms. The van der Waals surface area contributed by atoms with E-state index in [2.05, 4.69) is 25.8 Å². The Labute approximate surface area is 145 Å². The topological polar surface area (TPSA) is 105 Å². The number of hydrogen-bond donors (Lipinski definition) is 2. The zero-order chi connectivity index (χ0) is 17.8. The predicted molar refractivity (Wildman–Crippen MR) is 90.2 cm³/mol. The van der Waals surface area contributed by atoms with Crippen LogP contribution in [0, 0.1) is 6.92 Å². The summed E-state index contributed by atoms with van der Waals surface area (Å²) in [6.07, 6.45) is 3.75. The van der Waals surface area contributed by atoms with Crippen molar-refractivity contribution in [3.05, 3.63) is 29.8 Å². The van der Waals surface area contributed by atoms with E-state index >= 15 is 0 Å². The molecule has 0 saturated carbocycles. The number of piperidine rings is 1. The molecular weight excluding hydrogens is 324 g/mol. The third-order valence-corrected chi connectivity index (χ3v) is 4.19. The number of likely N-dealkylation sites (tertiary alicyclic amines) is 1. The summed E-state index contributed by atoms with van der Waals surface area (Å²) in [5, 5.41) is 13.4. The maximum Gasteiger partial charge on any atom is 0.271 e. The minimum absolute atomic E-state index is 0.125. The van der Waals surface area contributed by atoms with E-state index in [0.29, 0.717) is 23.8 Å². The van der Waals surface area contributed by atoms with Gasteiger partial charge in [0.15, 0.2) is 5.82 Å². The van der Waals surface area contributed by atoms with Crippen LogP contribution in [0.5, 0.6) is 0 Å². The van der Waals surface area contributed by atoms with E-state index in [0.717, 1.165) is 19.4 Å². The molecule has 1 saturated heterocycles. The van der Waals surface area contributed by atoms with Crippen molar-refractivity contribution in [2.24, 2.45) is 0 Å². The molecule has 9 heteroatoms. The molecule has 0 spiro atoms. The molecule has 1 aliphatic rings. The van der Waals surface area contributed by atoms with Crippen molar-refractivity contribution >= 4 is 17.6 Å². The number of carbonyl (C=O) groups excluding carboxylic acids is 2. The highest BCUT2D eigenvalue weighted by Crippen LogP contribution is 2.21. The smallest absolute Gasteiger partial charge is 0.271 e. The second-order valence-electron chi connectivity index (χ2n) is 6.16. The number of carbonyl (C=O) groups is 2. The lowest BCUT2D eigenvalue weighted by atomic mass is 10.1. The molecule has 2 amide bonds. The normalized spacial score (nSPS) is 18.1. The Kier molecular flexibility index (Phi) is 5.13. The lowest BCUT2D eigenvalue weighted by Gasteiger charge is -2.32. The average Bonchev–Trinajstić information content (AvgIpc) is 3.23. The molecule has 0 unspecified atom stereocenters. The van der Waals surface area contributed by atoms with Gasteiger partial charge in [0.25, 0.3) is 5.91 Å². The average molecular weight is 346 g/mol. The van der Waals surface area contributed by atoms with E-state index in [4.69, 9.17) is 4.52 Å². The fourth-order valence-corrected chi connectivity index (χ4v) is 2.99. The summed E-state index contributed by atoms with van der Waals surface area (Å²) in [6, 6.07) is 3.53. The number of hydrogen-bond acceptors (Lipinski definition) is 6. The molecule has 0 aromatic carbocycles. The SMILES string of the molecule is CNC(=O)c1ccn([C@H]2CCCN(CC(=O)Nc3cc(C)on3)C2)n1. The quantitative estimate of drug-likeness (QED) is 0.830. The number of nitrogens with zero attached hydrogens (tertiary/aromatic N) is 4. The molecule has 25 heavy (non-hydrogen) atoms. The van der Waals surface area contributed by atoms with Gasteiger partial charge in [-0.05, 0) is 32.4 Å². The molecule has 3 rings (SSSR count). The number of rotatable bonds is 5. The van der Waals surface area contributed by atoms with Crippen LogP contribution in [0.2, 0.25) is 0 Å². The Balaban J connectivity index is 1.56. The Hall–Kier alpha value is -2.68. The Morgan fingerprint density at radius 1 is 1.44 bits per heavy atom. The number of aromatic nitrogens is 3. The van der Waals surface area contributed by atoms with Crippen molar-refractivity contribution in [3.63, 3.8) is 0 Å². The van der Waals surface area contributed by atoms with Gasteiger partial charge in [-0.15, -0.1) is 0 Å². The predicted octanol–water partition coefficient (Wildman–Crippen LogP) is 0.815. The third-order valence-electron chi connectivity index (χ3n) is 4.19. The van der Waals surface area contributed by atoms with E-state index in [9.17, 15) is 9.59 Å². The molecule has 134 valence electrons. The van der Waals surface area contributed by atoms with Crippen molar-refractivity contribution in [2.45, 2.75) is 25.8 Å². The zero-order valence-corrected chi connectivity index (χ0v) is 14.4. The highest BCUT2D eigenvalue weighted by atomic mass is 16.5. The first-order valence-corrected chi connectivity index (χ1v) is 8.28. The van der Waals surface area contributed by atoms with E-state index < -0.39 is 0 Å². The van der Waals surface area contributed by atoms with Gasteiger partial charge in [-0.2, -0.15) is 5.10 Å². The van der Waals surface area contributed by atoms with Crippen LogP contribution >= 0.6 is 0 Å². The first-order valence-electron chi connectivity index (χ1n) is 8.28. The van der Waals surface area contributed by atoms with Crippen LogP contribution < -0.4 is 10.6 Å². The minimum atomic E-state index is -0.200. The highest BCUT2D eigenvalue weighted by Gasteiger charge is 2.24. The molecule has 2 aromatic rings. The van der Waals surface area contributed by atoms with E-state index in [1.807, 2.05) is 10.9 Å². The lowest BCUT2D eigenvalue weighted by molar-refractivity contribution is -0.117. The molecular formula is C16H22N6O3. The van der Waals surface area contributed by atoms with Gasteiger partial charge in [0.2, 0.25) is 5.91 Å². The van der Waals surface area contributed by atoms with E-state index in [-0.39, 0.29) is 24.4 Å². The first kappa shape index (κ1) is 17.2. The Morgan fingerprint density at radius 2 is 2.28 bits per heavy atom. The number of nitrogens with one attached hydrogen (secondary N) is 2. The summed E-state index contributed by atoms with van der Waals surface area (Å²) in [6.45, 7) is 3.62. The first-order chi connectivity index (χ1) is 12.0. The van der Waals surface area contributed by atoms with Crippen LogP contribution in [-0.4, -0.2) is 58.3 Å². The summed E-state index contributed by atoms with van der Waals surface area (Å²) >= 11 is 0. The molecule has 2 N–H and O–H groups in total. The fourth-order valence-electron chi connectivity index (χ4n) is 2.99. The molecule has 0 radical (unpaired) electrons. The van der Waals surface area contributed by atoms with Gasteiger partial charge in [0, 0.05) is 25.9 Å². The fraction of sp³-hybridized carbons (Fsp3) is 0.500. The maximum atomic E-state index is 12.2. The summed E-state index contributed by atoms with van der Waals surface area (Å²) in [5.41, 5.74) is 0.402. The van der Waals surface area contributed by atoms with Gasteiger partial charge >= 0.3 is 0 Å². The van der Waals surface area contributed by atoms with Crippen LogP contribution in [0.1, 0.15) is 35.1 Å². The van der Waals surface area contributed by atoms with Gasteiger partial charge in [-0.1, -0.05) is 5.16 Å². The lowest BCUT2D eigenvalue weighted by Crippen LogP contribution is -2.41. The number of amides is 2. The maximum absolute atomic E-state index is 12.2. The van der Waals surface area contributed by atoms with Crippen LogP contribution in [0.3, 0.4) is 0 Å². The molecule has 1 aliphatic heterocycles. The standard InChI is InChI=1S/C16H22N6O3/c1-11-8-14(20-25-11)18-15(23)10-21-6-3-4-12(9-21)22-7-5-13(19-22)16(24)17-2/h5,7-8,12H,3-4,6,9-10H2,1-2H3,(H,17,24)(H,18,20,23)/t12-/m0/s1. The number of anilines is 1. The minimum Gasteiger partial charge on any atom is -0.360 e. The molecule has 3 heterocycles. The zero-order valence-electron chi connectivity index (χ0n) is 14.4. The molecule has 2 aromatic heterocycles. The summed E-state index contributed by atoms with van der Waals surface area (Å²) in [4.78, 5) is 25.9. The molecule has 0 aliphatic carbocycles. The van der Waals surface area contributed by atoms with E-state index in [1.54, 1.807) is 26.1 Å². The monoisotopic (exact) mass is 346 g/mol. The van der Waals surface area contributed by atoms with Gasteiger partial charge < -0.3 is 15.2 Å². The van der Waals surface area contributed by atoms with E-state index in [1.165, 1.54) is 0 Å².